The standard InChI is InChI=1S/C10H12O2/c1-6-2-3-7-4-8(10(6)7)5-9(11)12/h2,5,7,10H,3-4H2,1H3,(H,11,12)/t7-,10-/m0/s1. The Kier molecular flexibility index (Phi) is 1.56. The van der Waals surface area contributed by atoms with Crippen LogP contribution in [0.4, 0.5) is 0 Å². The van der Waals surface area contributed by atoms with E-state index in [1.807, 2.05) is 0 Å². The fourth-order valence-electron chi connectivity index (χ4n) is 2.34. The van der Waals surface area contributed by atoms with Crippen LogP contribution in [0.25, 0.3) is 0 Å². The van der Waals surface area contributed by atoms with Gasteiger partial charge in [0.2, 0.25) is 0 Å². The maximum absolute atomic E-state index is 10.4. The summed E-state index contributed by atoms with van der Waals surface area (Å²) in [6.07, 6.45) is 5.75. The summed E-state index contributed by atoms with van der Waals surface area (Å²) in [7, 11) is 0. The van der Waals surface area contributed by atoms with Crippen molar-refractivity contribution in [2.45, 2.75) is 19.8 Å². The van der Waals surface area contributed by atoms with Crippen LogP contribution in [0.5, 0.6) is 0 Å². The third-order valence-electron chi connectivity index (χ3n) is 2.91. The van der Waals surface area contributed by atoms with E-state index in [0.29, 0.717) is 5.92 Å². The number of hydrogen-bond acceptors (Lipinski definition) is 1. The molecule has 0 spiro atoms. The SMILES string of the molecule is CC1=CC[C@H]2CC(=CC(=O)O)[C@@H]12. The molecule has 2 rings (SSSR count). The highest BCUT2D eigenvalue weighted by molar-refractivity contribution is 5.81. The molecule has 12 heavy (non-hydrogen) atoms. The molecule has 0 amide bonds. The Morgan fingerprint density at radius 2 is 2.50 bits per heavy atom. The Morgan fingerprint density at radius 1 is 1.75 bits per heavy atom. The van der Waals surface area contributed by atoms with Crippen LogP contribution in [0, 0.1) is 11.8 Å². The molecule has 0 unspecified atom stereocenters. The molecule has 0 aromatic rings. The molecule has 2 aliphatic rings. The van der Waals surface area contributed by atoms with Crippen molar-refractivity contribution in [3.8, 4) is 0 Å². The van der Waals surface area contributed by atoms with Crippen LogP contribution >= 0.6 is 0 Å². The quantitative estimate of drug-likeness (QED) is 0.475. The lowest BCUT2D eigenvalue weighted by Gasteiger charge is -2.35. The van der Waals surface area contributed by atoms with E-state index in [2.05, 4.69) is 13.0 Å². The monoisotopic (exact) mass is 164 g/mol. The number of allylic oxidation sites excluding steroid dienone is 3. The highest BCUT2D eigenvalue weighted by Gasteiger charge is 2.39. The lowest BCUT2D eigenvalue weighted by atomic mass is 9.69. The van der Waals surface area contributed by atoms with Crippen molar-refractivity contribution < 1.29 is 9.90 Å². The van der Waals surface area contributed by atoms with Gasteiger partial charge in [0, 0.05) is 12.0 Å². The molecule has 2 heteroatoms. The molecular formula is C10H12O2. The predicted octanol–water partition coefficient (Wildman–Crippen LogP) is 1.98. The van der Waals surface area contributed by atoms with Gasteiger partial charge in [0.1, 0.15) is 0 Å². The van der Waals surface area contributed by atoms with Crippen molar-refractivity contribution in [1.29, 1.82) is 0 Å². The normalized spacial score (nSPS) is 35.8. The van der Waals surface area contributed by atoms with Crippen LogP contribution in [0.3, 0.4) is 0 Å². The maximum atomic E-state index is 10.4. The van der Waals surface area contributed by atoms with Gasteiger partial charge in [-0.2, -0.15) is 0 Å². The third kappa shape index (κ3) is 0.986. The minimum absolute atomic E-state index is 0.473. The molecule has 0 heterocycles. The molecule has 1 saturated carbocycles. The minimum atomic E-state index is -0.803. The first-order chi connectivity index (χ1) is 5.68. The summed E-state index contributed by atoms with van der Waals surface area (Å²) in [5.41, 5.74) is 2.47. The largest absolute Gasteiger partial charge is 0.478 e. The van der Waals surface area contributed by atoms with Crippen LogP contribution in [0.1, 0.15) is 19.8 Å². The van der Waals surface area contributed by atoms with Gasteiger partial charge in [0.25, 0.3) is 0 Å². The number of rotatable bonds is 1. The third-order valence-corrected chi connectivity index (χ3v) is 2.91. The van der Waals surface area contributed by atoms with Gasteiger partial charge in [0.15, 0.2) is 0 Å². The summed E-state index contributed by atoms with van der Waals surface area (Å²) < 4.78 is 0. The Balaban J connectivity index is 2.16. The molecule has 0 saturated heterocycles. The fraction of sp³-hybridized carbons (Fsp3) is 0.500. The lowest BCUT2D eigenvalue weighted by molar-refractivity contribution is -0.131. The van der Waals surface area contributed by atoms with E-state index in [4.69, 9.17) is 5.11 Å². The van der Waals surface area contributed by atoms with Gasteiger partial charge in [-0.05, 0) is 25.7 Å². The van der Waals surface area contributed by atoms with Crippen LogP contribution < -0.4 is 0 Å². The van der Waals surface area contributed by atoms with Gasteiger partial charge < -0.3 is 5.11 Å². The van der Waals surface area contributed by atoms with Crippen LogP contribution in [-0.4, -0.2) is 11.1 Å². The Hall–Kier alpha value is -1.05. The number of aliphatic carboxylic acids is 1. The minimum Gasteiger partial charge on any atom is -0.478 e. The summed E-state index contributed by atoms with van der Waals surface area (Å²) in [5, 5.41) is 8.56. The number of carboxylic acid groups (broad SMARTS) is 1. The highest BCUT2D eigenvalue weighted by Crippen LogP contribution is 2.50. The maximum Gasteiger partial charge on any atom is 0.328 e. The van der Waals surface area contributed by atoms with Crippen molar-refractivity contribution in [1.82, 2.24) is 0 Å². The second-order valence-electron chi connectivity index (χ2n) is 3.68. The molecule has 0 aromatic carbocycles. The van der Waals surface area contributed by atoms with E-state index in [0.717, 1.165) is 24.3 Å². The number of fused-ring (bicyclic) bond motifs is 1. The Morgan fingerprint density at radius 3 is 3.08 bits per heavy atom. The van der Waals surface area contributed by atoms with Gasteiger partial charge in [0.05, 0.1) is 0 Å². The zero-order valence-corrected chi connectivity index (χ0v) is 7.08. The molecule has 1 fully saturated rings. The molecule has 2 nitrogen and oxygen atoms in total. The second kappa shape index (κ2) is 2.47. The molecule has 0 aromatic heterocycles. The van der Waals surface area contributed by atoms with Crippen molar-refractivity contribution >= 4 is 5.97 Å². The van der Waals surface area contributed by atoms with Crippen LogP contribution in [-0.2, 0) is 4.79 Å². The summed E-state index contributed by atoms with van der Waals surface area (Å²) in [5.74, 6) is 0.389. The summed E-state index contributed by atoms with van der Waals surface area (Å²) in [6.45, 7) is 2.10. The van der Waals surface area contributed by atoms with Crippen molar-refractivity contribution in [2.24, 2.45) is 11.8 Å². The van der Waals surface area contributed by atoms with E-state index in [-0.39, 0.29) is 0 Å². The molecule has 1 N–H and O–H groups in total. The highest BCUT2D eigenvalue weighted by atomic mass is 16.4. The van der Waals surface area contributed by atoms with Crippen LogP contribution in [0.2, 0.25) is 0 Å². The van der Waals surface area contributed by atoms with Gasteiger partial charge in [-0.15, -0.1) is 0 Å². The molecule has 0 bridgehead atoms. The predicted molar refractivity (Wildman–Crippen MR) is 45.7 cm³/mol. The zero-order valence-electron chi connectivity index (χ0n) is 7.08. The van der Waals surface area contributed by atoms with Gasteiger partial charge in [-0.1, -0.05) is 17.2 Å². The van der Waals surface area contributed by atoms with Crippen molar-refractivity contribution in [3.05, 3.63) is 23.3 Å². The average Bonchev–Trinajstić information content (AvgIpc) is 2.20. The van der Waals surface area contributed by atoms with Crippen LogP contribution in [0.15, 0.2) is 23.3 Å². The first kappa shape index (κ1) is 7.59. The summed E-state index contributed by atoms with van der Waals surface area (Å²) in [6, 6.07) is 0. The Labute approximate surface area is 71.6 Å². The van der Waals surface area contributed by atoms with Gasteiger partial charge >= 0.3 is 5.97 Å². The van der Waals surface area contributed by atoms with Crippen molar-refractivity contribution in [2.75, 3.05) is 0 Å². The Bertz CT molecular complexity index is 286. The van der Waals surface area contributed by atoms with Gasteiger partial charge in [-0.3, -0.25) is 0 Å². The van der Waals surface area contributed by atoms with E-state index >= 15 is 0 Å². The van der Waals surface area contributed by atoms with Crippen molar-refractivity contribution in [3.63, 3.8) is 0 Å². The summed E-state index contributed by atoms with van der Waals surface area (Å²) in [4.78, 5) is 10.4. The van der Waals surface area contributed by atoms with E-state index in [1.54, 1.807) is 0 Å². The fourth-order valence-corrected chi connectivity index (χ4v) is 2.34. The molecule has 64 valence electrons. The number of hydrogen-bond donors (Lipinski definition) is 1. The lowest BCUT2D eigenvalue weighted by Crippen LogP contribution is -2.26. The molecule has 2 atom stereocenters. The molecule has 2 aliphatic carbocycles. The van der Waals surface area contributed by atoms with Gasteiger partial charge in [-0.25, -0.2) is 4.79 Å². The zero-order chi connectivity index (χ0) is 8.72. The summed E-state index contributed by atoms with van der Waals surface area (Å²) >= 11 is 0. The van der Waals surface area contributed by atoms with E-state index < -0.39 is 5.97 Å². The average molecular weight is 164 g/mol. The number of carbonyl (C=O) groups is 1. The second-order valence-corrected chi connectivity index (χ2v) is 3.68. The number of carboxylic acids is 1. The molecular weight excluding hydrogens is 152 g/mol. The molecule has 0 aliphatic heterocycles. The smallest absolute Gasteiger partial charge is 0.328 e. The van der Waals surface area contributed by atoms with E-state index in [9.17, 15) is 4.79 Å². The topological polar surface area (TPSA) is 37.3 Å². The van der Waals surface area contributed by atoms with E-state index in [1.165, 1.54) is 11.6 Å². The first-order valence-corrected chi connectivity index (χ1v) is 4.28. The molecule has 0 radical (unpaired) electrons. The first-order valence-electron chi connectivity index (χ1n) is 4.28.